The van der Waals surface area contributed by atoms with E-state index in [2.05, 4.69) is 22.9 Å². The molecule has 0 saturated carbocycles. The van der Waals surface area contributed by atoms with Crippen LogP contribution in [0.5, 0.6) is 0 Å². The van der Waals surface area contributed by atoms with E-state index >= 15 is 0 Å². The second-order valence-electron chi connectivity index (χ2n) is 14.4. The number of aromatic nitrogens is 4. The Hall–Kier alpha value is -3.41. The van der Waals surface area contributed by atoms with Gasteiger partial charge in [0.2, 0.25) is 0 Å². The quantitative estimate of drug-likeness (QED) is 0.186. The molecule has 2 fully saturated rings. The van der Waals surface area contributed by atoms with E-state index in [0.717, 1.165) is 86.8 Å². The fraction of sp³-hybridized carbons (Fsp3) is 0.459. The van der Waals surface area contributed by atoms with Gasteiger partial charge in [-0.25, -0.2) is 14.8 Å². The summed E-state index contributed by atoms with van der Waals surface area (Å²) < 4.78 is 9.02. The predicted octanol–water partition coefficient (Wildman–Crippen LogP) is 7.70. The normalized spacial score (nSPS) is 19.1. The molecule has 0 amide bonds. The first-order valence-electron chi connectivity index (χ1n) is 16.7. The number of carboxylic acid groups (broad SMARTS) is 1. The van der Waals surface area contributed by atoms with Gasteiger partial charge < -0.3 is 14.7 Å². The van der Waals surface area contributed by atoms with E-state index in [9.17, 15) is 9.90 Å². The Balaban J connectivity index is 1.30. The average molecular weight is 687 g/mol. The molecule has 7 rings (SSSR count). The summed E-state index contributed by atoms with van der Waals surface area (Å²) in [6, 6.07) is 14.3. The maximum Gasteiger partial charge on any atom is 0.337 e. The number of fused-ring (bicyclic) bond motifs is 2. The molecule has 11 heteroatoms. The van der Waals surface area contributed by atoms with Crippen LogP contribution in [0, 0.1) is 6.92 Å². The van der Waals surface area contributed by atoms with Crippen molar-refractivity contribution in [3.05, 3.63) is 64.3 Å². The number of hydrogen-bond donors (Lipinski definition) is 1. The number of pyridine rings is 1. The molecule has 0 aliphatic carbocycles. The Morgan fingerprint density at radius 1 is 1.04 bits per heavy atom. The first kappa shape index (κ1) is 33.1. The summed E-state index contributed by atoms with van der Waals surface area (Å²) in [5, 5.41) is 16.8. The van der Waals surface area contributed by atoms with Crippen LogP contribution in [0.25, 0.3) is 43.1 Å². The van der Waals surface area contributed by atoms with Crippen molar-refractivity contribution in [1.29, 1.82) is 0 Å². The smallest absolute Gasteiger partial charge is 0.337 e. The summed E-state index contributed by atoms with van der Waals surface area (Å²) in [5.41, 5.74) is 7.00. The average Bonchev–Trinajstić information content (AvgIpc) is 3.76. The van der Waals surface area contributed by atoms with Gasteiger partial charge in [-0.05, 0) is 115 Å². The van der Waals surface area contributed by atoms with E-state index in [1.54, 1.807) is 0 Å². The number of aliphatic carboxylic acids is 1. The van der Waals surface area contributed by atoms with Crippen molar-refractivity contribution in [3.8, 4) is 21.8 Å². The highest BCUT2D eigenvalue weighted by atomic mass is 35.5. The Kier molecular flexibility index (Phi) is 8.83. The Bertz CT molecular complexity index is 1990. The third kappa shape index (κ3) is 6.36. The fourth-order valence-corrected chi connectivity index (χ4v) is 8.67. The monoisotopic (exact) mass is 686 g/mol. The highest BCUT2D eigenvalue weighted by molar-refractivity contribution is 7.22. The van der Waals surface area contributed by atoms with Crippen molar-refractivity contribution >= 4 is 50.2 Å². The number of piperidine rings is 1. The van der Waals surface area contributed by atoms with Crippen LogP contribution in [0.3, 0.4) is 0 Å². The molecule has 1 N–H and O–H groups in total. The van der Waals surface area contributed by atoms with Crippen molar-refractivity contribution < 1.29 is 14.6 Å². The van der Waals surface area contributed by atoms with Crippen molar-refractivity contribution in [2.75, 3.05) is 33.2 Å². The highest BCUT2D eigenvalue weighted by Gasteiger charge is 2.34. The number of rotatable bonds is 7. The minimum atomic E-state index is -1.17. The van der Waals surface area contributed by atoms with Gasteiger partial charge in [-0.15, -0.1) is 11.3 Å². The first-order valence-corrected chi connectivity index (χ1v) is 17.9. The van der Waals surface area contributed by atoms with Crippen LogP contribution < -0.4 is 0 Å². The van der Waals surface area contributed by atoms with E-state index in [1.165, 1.54) is 24.3 Å². The topological polar surface area (TPSA) is 96.6 Å². The fourth-order valence-electron chi connectivity index (χ4n) is 7.45. The first-order chi connectivity index (χ1) is 22.9. The van der Waals surface area contributed by atoms with E-state index in [4.69, 9.17) is 31.4 Å². The zero-order valence-electron chi connectivity index (χ0n) is 28.5. The molecule has 0 bridgehead atoms. The minimum absolute atomic E-state index is 0.361. The van der Waals surface area contributed by atoms with Gasteiger partial charge in [0.1, 0.15) is 10.5 Å². The summed E-state index contributed by atoms with van der Waals surface area (Å²) >= 11 is 7.81. The number of halogens is 1. The molecule has 252 valence electrons. The third-order valence-electron chi connectivity index (χ3n) is 9.76. The van der Waals surface area contributed by atoms with Crippen molar-refractivity contribution in [3.63, 3.8) is 0 Å². The second kappa shape index (κ2) is 12.8. The van der Waals surface area contributed by atoms with Gasteiger partial charge in [0.05, 0.1) is 32.7 Å². The lowest BCUT2D eigenvalue weighted by Crippen LogP contribution is -2.42. The van der Waals surface area contributed by atoms with Crippen LogP contribution in [-0.2, 0) is 16.6 Å². The Morgan fingerprint density at radius 2 is 1.77 bits per heavy atom. The zero-order chi connectivity index (χ0) is 33.9. The molecule has 1 unspecified atom stereocenters. The van der Waals surface area contributed by atoms with Crippen molar-refractivity contribution in [1.82, 2.24) is 29.5 Å². The van der Waals surface area contributed by atoms with Gasteiger partial charge >= 0.3 is 5.97 Å². The van der Waals surface area contributed by atoms with Gasteiger partial charge in [0.25, 0.3) is 0 Å². The van der Waals surface area contributed by atoms with Crippen LogP contribution in [0.15, 0.2) is 42.5 Å². The molecule has 2 saturated heterocycles. The van der Waals surface area contributed by atoms with Crippen LogP contribution in [0.2, 0.25) is 5.02 Å². The number of hydrogen-bond acceptors (Lipinski definition) is 8. The molecule has 0 spiro atoms. The molecule has 2 aromatic carbocycles. The summed E-state index contributed by atoms with van der Waals surface area (Å²) in [4.78, 5) is 28.1. The molecular weight excluding hydrogens is 644 g/mol. The highest BCUT2D eigenvalue weighted by Crippen LogP contribution is 2.44. The van der Waals surface area contributed by atoms with E-state index in [1.807, 2.05) is 75.8 Å². The summed E-state index contributed by atoms with van der Waals surface area (Å²) in [7, 11) is 4.21. The number of ether oxygens (including phenoxy) is 1. The van der Waals surface area contributed by atoms with Gasteiger partial charge in [0, 0.05) is 41.7 Å². The lowest BCUT2D eigenvalue weighted by molar-refractivity contribution is -0.160. The maximum atomic E-state index is 12.7. The van der Waals surface area contributed by atoms with Crippen molar-refractivity contribution in [2.45, 2.75) is 70.6 Å². The Morgan fingerprint density at radius 3 is 2.42 bits per heavy atom. The lowest BCUT2D eigenvalue weighted by atomic mass is 9.91. The van der Waals surface area contributed by atoms with Crippen molar-refractivity contribution in [2.24, 2.45) is 7.05 Å². The van der Waals surface area contributed by atoms with Crippen LogP contribution in [0.1, 0.15) is 68.9 Å². The molecule has 0 radical (unpaired) electrons. The molecule has 2 aliphatic heterocycles. The molecule has 5 aromatic rings. The molecule has 3 aromatic heterocycles. The van der Waals surface area contributed by atoms with Crippen LogP contribution >= 0.6 is 22.9 Å². The summed E-state index contributed by atoms with van der Waals surface area (Å²) in [5.74, 6) is -0.676. The number of thiazole rings is 1. The van der Waals surface area contributed by atoms with Crippen LogP contribution in [0.4, 0.5) is 0 Å². The number of nitrogens with zero attached hydrogens (tertiary/aromatic N) is 6. The minimum Gasteiger partial charge on any atom is -0.479 e. The maximum absolute atomic E-state index is 12.7. The summed E-state index contributed by atoms with van der Waals surface area (Å²) in [6.07, 6.45) is 2.24. The third-order valence-corrected chi connectivity index (χ3v) is 11.1. The van der Waals surface area contributed by atoms with Gasteiger partial charge in [0.15, 0.2) is 6.10 Å². The standard InChI is InChI=1S/C37H43ClN6O3S/c1-21-19-27-34(30(22-7-9-24(38)10-8-22)29(21)33(36(45)46)47-37(2,3)4)48-35(40-27)26-11-12-28-32(39-26)31(41-43(28)6)23-13-17-44(18-14-23)25-15-16-42(5)20-25/h7-12,19,23,25,33H,13-18,20H2,1-6H3,(H,45,46)/t25-,33?/m1/s1. The molecule has 2 atom stereocenters. The molecular formula is C37H43ClN6O3S. The second-order valence-corrected chi connectivity index (χ2v) is 15.8. The summed E-state index contributed by atoms with van der Waals surface area (Å²) in [6.45, 7) is 12.1. The largest absolute Gasteiger partial charge is 0.479 e. The predicted molar refractivity (Wildman–Crippen MR) is 193 cm³/mol. The van der Waals surface area contributed by atoms with E-state index in [0.29, 0.717) is 22.5 Å². The molecule has 48 heavy (non-hydrogen) atoms. The lowest BCUT2D eigenvalue weighted by Gasteiger charge is -2.35. The van der Waals surface area contributed by atoms with Gasteiger partial charge in [-0.2, -0.15) is 5.10 Å². The number of carboxylic acids is 1. The number of aryl methyl sites for hydroxylation is 2. The number of likely N-dealkylation sites (tertiary alicyclic amines) is 2. The van der Waals surface area contributed by atoms with Gasteiger partial charge in [-0.3, -0.25) is 9.58 Å². The molecule has 2 aliphatic rings. The zero-order valence-corrected chi connectivity index (χ0v) is 30.0. The molecule has 9 nitrogen and oxygen atoms in total. The number of carbonyl (C=O) groups is 1. The van der Waals surface area contributed by atoms with E-state index < -0.39 is 17.7 Å². The number of benzene rings is 2. The molecule has 5 heterocycles. The number of likely N-dealkylation sites (N-methyl/N-ethyl adjacent to an activating group) is 1. The van der Waals surface area contributed by atoms with Gasteiger partial charge in [-0.1, -0.05) is 23.7 Å². The Labute approximate surface area is 290 Å². The SMILES string of the molecule is Cc1cc2nc(-c3ccc4c(n3)c(C3CCN([C@@H]5CCN(C)C5)CC3)nn4C)sc2c(-c2ccc(Cl)cc2)c1C(OC(C)(C)C)C(=O)O. The van der Waals surface area contributed by atoms with Crippen LogP contribution in [-0.4, -0.2) is 85.5 Å². The van der Waals surface area contributed by atoms with E-state index in [-0.39, 0.29) is 0 Å².